The van der Waals surface area contributed by atoms with E-state index >= 15 is 0 Å². The minimum atomic E-state index is -0.0762. The molecule has 1 aliphatic rings. The summed E-state index contributed by atoms with van der Waals surface area (Å²) in [6, 6.07) is 6.89. The van der Waals surface area contributed by atoms with Crippen LogP contribution in [0.25, 0.3) is 0 Å². The maximum absolute atomic E-state index is 11.5. The fourth-order valence-electron chi connectivity index (χ4n) is 1.45. The number of allylic oxidation sites excluding steroid dienone is 2. The van der Waals surface area contributed by atoms with Gasteiger partial charge in [0.05, 0.1) is 0 Å². The molecule has 1 aliphatic carbocycles. The van der Waals surface area contributed by atoms with Gasteiger partial charge in [-0.3, -0.25) is 9.59 Å². The number of ketones is 2. The summed E-state index contributed by atoms with van der Waals surface area (Å²) in [7, 11) is 0. The minimum absolute atomic E-state index is 0. The third kappa shape index (κ3) is 1.73. The molecule has 0 saturated carbocycles. The summed E-state index contributed by atoms with van der Waals surface area (Å²) in [5.41, 5.74) is 1.55. The van der Waals surface area contributed by atoms with Crippen molar-refractivity contribution < 1.29 is 9.59 Å². The SMILES string of the molecule is CC1=CC(=O)c2ccccc2C1=O.[NaH]. The van der Waals surface area contributed by atoms with Crippen molar-refractivity contribution in [3.8, 4) is 0 Å². The van der Waals surface area contributed by atoms with Crippen molar-refractivity contribution in [2.45, 2.75) is 6.92 Å². The second kappa shape index (κ2) is 4.22. The molecule has 3 heteroatoms. The first-order valence-corrected chi connectivity index (χ1v) is 4.06. The van der Waals surface area contributed by atoms with Crippen molar-refractivity contribution >= 4 is 41.1 Å². The van der Waals surface area contributed by atoms with Crippen LogP contribution in [-0.2, 0) is 0 Å². The standard InChI is InChI=1S/C11H8O2.Na.H/c1-7-6-10(12)8-4-2-3-5-9(8)11(7)13;;/h2-6H,1H3;;. The number of benzene rings is 1. The van der Waals surface area contributed by atoms with Crippen molar-refractivity contribution in [2.24, 2.45) is 0 Å². The zero-order chi connectivity index (χ0) is 9.42. The Morgan fingerprint density at radius 2 is 1.57 bits per heavy atom. The summed E-state index contributed by atoms with van der Waals surface area (Å²) in [4.78, 5) is 23.0. The molecule has 0 radical (unpaired) electrons. The van der Waals surface area contributed by atoms with Gasteiger partial charge < -0.3 is 0 Å². The molecule has 0 unspecified atom stereocenters. The molecule has 0 atom stereocenters. The van der Waals surface area contributed by atoms with Gasteiger partial charge >= 0.3 is 29.6 Å². The van der Waals surface area contributed by atoms with Gasteiger partial charge in [0.1, 0.15) is 0 Å². The van der Waals surface area contributed by atoms with Gasteiger partial charge in [0.2, 0.25) is 0 Å². The number of rotatable bonds is 0. The molecule has 2 rings (SSSR count). The van der Waals surface area contributed by atoms with Crippen molar-refractivity contribution in [3.63, 3.8) is 0 Å². The molecule has 0 saturated heterocycles. The van der Waals surface area contributed by atoms with E-state index in [9.17, 15) is 9.59 Å². The normalized spacial score (nSPS) is 14.2. The van der Waals surface area contributed by atoms with Gasteiger partial charge in [0, 0.05) is 16.7 Å². The average molecular weight is 196 g/mol. The fourth-order valence-corrected chi connectivity index (χ4v) is 1.45. The Bertz CT molecular complexity index is 433. The molecule has 0 aliphatic heterocycles. The first-order valence-electron chi connectivity index (χ1n) is 4.06. The first-order chi connectivity index (χ1) is 6.20. The fraction of sp³-hybridized carbons (Fsp3) is 0.0909. The van der Waals surface area contributed by atoms with E-state index in [1.54, 1.807) is 31.2 Å². The van der Waals surface area contributed by atoms with Crippen LogP contribution in [0.5, 0.6) is 0 Å². The number of carbonyl (C=O) groups is 2. The van der Waals surface area contributed by atoms with Crippen LogP contribution in [0.2, 0.25) is 0 Å². The number of carbonyl (C=O) groups excluding carboxylic acids is 2. The molecule has 14 heavy (non-hydrogen) atoms. The molecular formula is C11H9NaO2. The molecule has 0 fully saturated rings. The zero-order valence-electron chi connectivity index (χ0n) is 7.20. The van der Waals surface area contributed by atoms with E-state index in [-0.39, 0.29) is 41.1 Å². The van der Waals surface area contributed by atoms with Crippen LogP contribution in [0, 0.1) is 0 Å². The molecule has 0 bridgehead atoms. The van der Waals surface area contributed by atoms with Gasteiger partial charge in [-0.05, 0) is 13.0 Å². The topological polar surface area (TPSA) is 34.1 Å². The molecule has 0 aromatic heterocycles. The summed E-state index contributed by atoms with van der Waals surface area (Å²) < 4.78 is 0. The van der Waals surface area contributed by atoms with Crippen LogP contribution in [0.15, 0.2) is 35.9 Å². The molecule has 2 nitrogen and oxygen atoms in total. The monoisotopic (exact) mass is 196 g/mol. The molecule has 0 N–H and O–H groups in total. The maximum atomic E-state index is 11.5. The van der Waals surface area contributed by atoms with Crippen LogP contribution in [0.4, 0.5) is 0 Å². The van der Waals surface area contributed by atoms with Gasteiger partial charge in [-0.1, -0.05) is 24.3 Å². The molecule has 0 spiro atoms. The van der Waals surface area contributed by atoms with Crippen LogP contribution in [0.3, 0.4) is 0 Å². The first kappa shape index (κ1) is 11.4. The molecule has 1 aromatic rings. The van der Waals surface area contributed by atoms with Crippen molar-refractivity contribution in [1.29, 1.82) is 0 Å². The van der Waals surface area contributed by atoms with Gasteiger partial charge in [0.15, 0.2) is 11.6 Å². The third-order valence-corrected chi connectivity index (χ3v) is 2.14. The van der Waals surface area contributed by atoms with E-state index in [0.29, 0.717) is 16.7 Å². The van der Waals surface area contributed by atoms with Crippen LogP contribution >= 0.6 is 0 Å². The van der Waals surface area contributed by atoms with Crippen molar-refractivity contribution in [1.82, 2.24) is 0 Å². The van der Waals surface area contributed by atoms with E-state index < -0.39 is 0 Å². The molecule has 66 valence electrons. The zero-order valence-corrected chi connectivity index (χ0v) is 7.20. The predicted octanol–water partition coefficient (Wildman–Crippen LogP) is 1.36. The Morgan fingerprint density at radius 1 is 1.00 bits per heavy atom. The number of Topliss-reactive ketones (excluding diaryl/α,β-unsaturated/α-hetero) is 1. The van der Waals surface area contributed by atoms with Crippen molar-refractivity contribution in [2.75, 3.05) is 0 Å². The van der Waals surface area contributed by atoms with Crippen molar-refractivity contribution in [3.05, 3.63) is 47.0 Å². The van der Waals surface area contributed by atoms with Gasteiger partial charge in [-0.15, -0.1) is 0 Å². The summed E-state index contributed by atoms with van der Waals surface area (Å²) in [6.07, 6.45) is 1.39. The number of hydrogen-bond donors (Lipinski definition) is 0. The summed E-state index contributed by atoms with van der Waals surface area (Å²) in [6.45, 7) is 1.66. The van der Waals surface area contributed by atoms with E-state index in [0.717, 1.165) is 0 Å². The Hall–Kier alpha value is -0.700. The van der Waals surface area contributed by atoms with E-state index in [1.165, 1.54) is 6.08 Å². The second-order valence-corrected chi connectivity index (χ2v) is 3.07. The Balaban J connectivity index is 0.000000980. The number of fused-ring (bicyclic) bond motifs is 1. The van der Waals surface area contributed by atoms with Crippen LogP contribution in [0.1, 0.15) is 27.6 Å². The predicted molar refractivity (Wildman–Crippen MR) is 56.0 cm³/mol. The molecule has 0 amide bonds. The Labute approximate surface area is 104 Å². The Kier molecular flexibility index (Phi) is 3.43. The molecule has 0 heterocycles. The van der Waals surface area contributed by atoms with E-state index in [2.05, 4.69) is 0 Å². The number of hydrogen-bond acceptors (Lipinski definition) is 2. The van der Waals surface area contributed by atoms with Gasteiger partial charge in [-0.2, -0.15) is 0 Å². The van der Waals surface area contributed by atoms with Crippen LogP contribution in [-0.4, -0.2) is 41.1 Å². The van der Waals surface area contributed by atoms with E-state index in [4.69, 9.17) is 0 Å². The quantitative estimate of drug-likeness (QED) is 0.587. The van der Waals surface area contributed by atoms with Gasteiger partial charge in [0.25, 0.3) is 0 Å². The summed E-state index contributed by atoms with van der Waals surface area (Å²) in [5.74, 6) is -0.122. The van der Waals surface area contributed by atoms with Crippen LogP contribution < -0.4 is 0 Å². The average Bonchev–Trinajstić information content (AvgIpc) is 2.15. The summed E-state index contributed by atoms with van der Waals surface area (Å²) in [5, 5.41) is 0. The van der Waals surface area contributed by atoms with Gasteiger partial charge in [-0.25, -0.2) is 0 Å². The third-order valence-electron chi connectivity index (χ3n) is 2.14. The second-order valence-electron chi connectivity index (χ2n) is 3.07. The molecule has 1 aromatic carbocycles. The Morgan fingerprint density at radius 3 is 2.21 bits per heavy atom. The van der Waals surface area contributed by atoms with E-state index in [1.807, 2.05) is 0 Å². The molecular weight excluding hydrogens is 187 g/mol. The summed E-state index contributed by atoms with van der Waals surface area (Å²) >= 11 is 0.